The van der Waals surface area contributed by atoms with E-state index >= 15 is 0 Å². The smallest absolute Gasteiger partial charge is 0.357 e. The summed E-state index contributed by atoms with van der Waals surface area (Å²) >= 11 is 6.06. The van der Waals surface area contributed by atoms with Crippen molar-refractivity contribution < 1.29 is 19.1 Å². The molecule has 0 amide bonds. The summed E-state index contributed by atoms with van der Waals surface area (Å²) in [7, 11) is 0. The van der Waals surface area contributed by atoms with Crippen LogP contribution in [0.1, 0.15) is 35.6 Å². The molecule has 0 N–H and O–H groups in total. The van der Waals surface area contributed by atoms with Gasteiger partial charge in [-0.3, -0.25) is 9.36 Å². The Hall–Kier alpha value is -2.85. The Morgan fingerprint density at radius 2 is 2.32 bits per heavy atom. The van der Waals surface area contributed by atoms with Crippen molar-refractivity contribution >= 4 is 23.5 Å². The van der Waals surface area contributed by atoms with Crippen LogP contribution in [0.5, 0.6) is 0 Å². The molecule has 128 valence electrons. The maximum atomic E-state index is 12.5. The first-order valence-electron chi connectivity index (χ1n) is 7.46. The van der Waals surface area contributed by atoms with E-state index in [1.165, 1.54) is 13.3 Å². The third kappa shape index (κ3) is 3.21. The molecular formula is C17H14ClN3O4. The third-order valence-corrected chi connectivity index (χ3v) is 4.16. The molecule has 0 radical (unpaired) electrons. The Bertz CT molecular complexity index is 915. The van der Waals surface area contributed by atoms with Crippen LogP contribution in [0.25, 0.3) is 5.69 Å². The monoisotopic (exact) mass is 359 g/mol. The zero-order valence-corrected chi connectivity index (χ0v) is 14.3. The predicted octanol–water partition coefficient (Wildman–Crippen LogP) is 2.43. The molecule has 0 saturated carbocycles. The minimum atomic E-state index is -0.961. The number of esters is 2. The average molecular weight is 360 g/mol. The quantitative estimate of drug-likeness (QED) is 0.781. The molecule has 0 bridgehead atoms. The molecule has 1 aliphatic heterocycles. The van der Waals surface area contributed by atoms with Gasteiger partial charge in [-0.05, 0) is 25.1 Å². The van der Waals surface area contributed by atoms with Gasteiger partial charge >= 0.3 is 11.9 Å². The van der Waals surface area contributed by atoms with Gasteiger partial charge in [0, 0.05) is 19.0 Å². The second-order valence-corrected chi connectivity index (χ2v) is 6.39. The number of hydrogen-bond acceptors (Lipinski definition) is 6. The van der Waals surface area contributed by atoms with Crippen molar-refractivity contribution in [3.05, 3.63) is 46.5 Å². The fourth-order valence-corrected chi connectivity index (χ4v) is 2.89. The summed E-state index contributed by atoms with van der Waals surface area (Å²) in [6, 6.07) is 6.81. The van der Waals surface area contributed by atoms with Gasteiger partial charge in [-0.2, -0.15) is 5.26 Å². The van der Waals surface area contributed by atoms with Gasteiger partial charge in [0.15, 0.2) is 5.69 Å². The van der Waals surface area contributed by atoms with Crippen LogP contribution in [0, 0.1) is 11.3 Å². The summed E-state index contributed by atoms with van der Waals surface area (Å²) in [5, 5.41) is 9.24. The molecule has 8 heteroatoms. The van der Waals surface area contributed by atoms with E-state index in [0.717, 1.165) is 0 Å². The van der Waals surface area contributed by atoms with Crippen LogP contribution in [0.15, 0.2) is 24.5 Å². The molecule has 0 fully saturated rings. The Morgan fingerprint density at radius 1 is 1.56 bits per heavy atom. The van der Waals surface area contributed by atoms with E-state index in [4.69, 9.17) is 26.3 Å². The number of nitrogens with zero attached hydrogens (tertiary/aromatic N) is 3. The number of carbonyl (C=O) groups excluding carboxylic acids is 2. The van der Waals surface area contributed by atoms with Crippen LogP contribution < -0.4 is 0 Å². The zero-order chi connectivity index (χ0) is 18.2. The SMILES string of the molecule is CC(=O)OCC1(C)Cc2ncn(-c3ccc(C#N)c(Cl)c3)c2C(=O)O1. The number of hydrogen-bond donors (Lipinski definition) is 0. The molecule has 3 rings (SSSR count). The molecule has 1 atom stereocenters. The number of aromatic nitrogens is 2. The van der Waals surface area contributed by atoms with E-state index in [2.05, 4.69) is 4.98 Å². The molecule has 1 unspecified atom stereocenters. The van der Waals surface area contributed by atoms with E-state index < -0.39 is 17.5 Å². The van der Waals surface area contributed by atoms with Crippen molar-refractivity contribution in [2.45, 2.75) is 25.9 Å². The van der Waals surface area contributed by atoms with Crippen molar-refractivity contribution in [2.24, 2.45) is 0 Å². The fourth-order valence-electron chi connectivity index (χ4n) is 2.67. The standard InChI is InChI=1S/C17H14ClN3O4/c1-10(22)24-8-17(2)6-14-15(16(23)25-17)21(9-20-14)12-4-3-11(7-19)13(18)5-12/h3-5,9H,6,8H2,1-2H3. The lowest BCUT2D eigenvalue weighted by atomic mass is 9.97. The van der Waals surface area contributed by atoms with Gasteiger partial charge in [-0.1, -0.05) is 11.6 Å². The van der Waals surface area contributed by atoms with E-state index in [1.807, 2.05) is 6.07 Å². The zero-order valence-electron chi connectivity index (χ0n) is 13.6. The lowest BCUT2D eigenvalue weighted by Crippen LogP contribution is -2.43. The molecule has 1 aliphatic rings. The van der Waals surface area contributed by atoms with Crippen LogP contribution in [0.4, 0.5) is 0 Å². The summed E-state index contributed by atoms with van der Waals surface area (Å²) in [6.07, 6.45) is 1.82. The number of halogens is 1. The first-order chi connectivity index (χ1) is 11.8. The number of benzene rings is 1. The molecule has 0 saturated heterocycles. The van der Waals surface area contributed by atoms with Crippen LogP contribution >= 0.6 is 11.6 Å². The van der Waals surface area contributed by atoms with E-state index in [-0.39, 0.29) is 11.6 Å². The summed E-state index contributed by atoms with van der Waals surface area (Å²) < 4.78 is 12.0. The van der Waals surface area contributed by atoms with Crippen LogP contribution in [0.2, 0.25) is 5.02 Å². The van der Waals surface area contributed by atoms with Crippen molar-refractivity contribution in [3.63, 3.8) is 0 Å². The van der Waals surface area contributed by atoms with Crippen molar-refractivity contribution in [3.8, 4) is 11.8 Å². The number of ether oxygens (including phenoxy) is 2. The second kappa shape index (κ2) is 6.22. The number of carbonyl (C=O) groups is 2. The predicted molar refractivity (Wildman–Crippen MR) is 87.4 cm³/mol. The highest BCUT2D eigenvalue weighted by Crippen LogP contribution is 2.30. The van der Waals surface area contributed by atoms with Crippen molar-refractivity contribution in [1.29, 1.82) is 5.26 Å². The molecule has 2 aromatic rings. The number of imidazole rings is 1. The Labute approximate surface area is 148 Å². The lowest BCUT2D eigenvalue weighted by Gasteiger charge is -2.32. The lowest BCUT2D eigenvalue weighted by molar-refractivity contribution is -0.148. The van der Waals surface area contributed by atoms with Gasteiger partial charge in [-0.25, -0.2) is 9.78 Å². The molecule has 1 aromatic carbocycles. The number of nitriles is 1. The van der Waals surface area contributed by atoms with Gasteiger partial charge in [-0.15, -0.1) is 0 Å². The minimum Gasteiger partial charge on any atom is -0.462 e. The maximum absolute atomic E-state index is 12.5. The number of fused-ring (bicyclic) bond motifs is 1. The topological polar surface area (TPSA) is 94.2 Å². The fraction of sp³-hybridized carbons (Fsp3) is 0.294. The highest BCUT2D eigenvalue weighted by atomic mass is 35.5. The van der Waals surface area contributed by atoms with Gasteiger partial charge in [0.05, 0.1) is 16.3 Å². The van der Waals surface area contributed by atoms with Crippen LogP contribution in [-0.4, -0.2) is 33.7 Å². The molecular weight excluding hydrogens is 346 g/mol. The van der Waals surface area contributed by atoms with E-state index in [1.54, 1.807) is 29.7 Å². The number of rotatable bonds is 3. The highest BCUT2D eigenvalue weighted by Gasteiger charge is 2.40. The largest absolute Gasteiger partial charge is 0.462 e. The summed E-state index contributed by atoms with van der Waals surface area (Å²) in [5.74, 6) is -1.00. The van der Waals surface area contributed by atoms with Gasteiger partial charge in [0.2, 0.25) is 0 Å². The van der Waals surface area contributed by atoms with Crippen LogP contribution in [0.3, 0.4) is 0 Å². The normalized spacial score (nSPS) is 18.9. The molecule has 0 aliphatic carbocycles. The summed E-state index contributed by atoms with van der Waals surface area (Å²) in [6.45, 7) is 2.94. The van der Waals surface area contributed by atoms with Gasteiger partial charge in [0.25, 0.3) is 0 Å². The van der Waals surface area contributed by atoms with Gasteiger partial charge in [0.1, 0.15) is 24.6 Å². The average Bonchev–Trinajstić information content (AvgIpc) is 2.97. The number of cyclic esters (lactones) is 1. The Kier molecular flexibility index (Phi) is 4.23. The Balaban J connectivity index is 1.95. The van der Waals surface area contributed by atoms with Crippen molar-refractivity contribution in [2.75, 3.05) is 6.61 Å². The van der Waals surface area contributed by atoms with Gasteiger partial charge < -0.3 is 9.47 Å². The van der Waals surface area contributed by atoms with E-state index in [0.29, 0.717) is 29.1 Å². The van der Waals surface area contributed by atoms with E-state index in [9.17, 15) is 9.59 Å². The molecule has 7 nitrogen and oxygen atoms in total. The molecule has 2 heterocycles. The van der Waals surface area contributed by atoms with Crippen LogP contribution in [-0.2, 0) is 20.7 Å². The molecule has 0 spiro atoms. The highest BCUT2D eigenvalue weighted by molar-refractivity contribution is 6.31. The summed E-state index contributed by atoms with van der Waals surface area (Å²) in [5.41, 5.74) is 0.818. The molecule has 25 heavy (non-hydrogen) atoms. The third-order valence-electron chi connectivity index (χ3n) is 3.85. The second-order valence-electron chi connectivity index (χ2n) is 5.98. The minimum absolute atomic E-state index is 0.0386. The molecule has 1 aromatic heterocycles. The van der Waals surface area contributed by atoms with Crippen molar-refractivity contribution in [1.82, 2.24) is 9.55 Å². The summed E-state index contributed by atoms with van der Waals surface area (Å²) in [4.78, 5) is 27.8. The Morgan fingerprint density at radius 3 is 2.96 bits per heavy atom. The first-order valence-corrected chi connectivity index (χ1v) is 7.84. The first kappa shape index (κ1) is 17.0. The maximum Gasteiger partial charge on any atom is 0.357 e.